The summed E-state index contributed by atoms with van der Waals surface area (Å²) in [6, 6.07) is 1.83. The van der Waals surface area contributed by atoms with Gasteiger partial charge in [-0.3, -0.25) is 4.79 Å². The quantitative estimate of drug-likeness (QED) is 0.869. The molecule has 0 aliphatic carbocycles. The first-order chi connectivity index (χ1) is 8.15. The summed E-state index contributed by atoms with van der Waals surface area (Å²) < 4.78 is 0. The van der Waals surface area contributed by atoms with Crippen LogP contribution in [0, 0.1) is 6.92 Å². The van der Waals surface area contributed by atoms with Crippen LogP contribution in [0.15, 0.2) is 17.6 Å². The zero-order valence-corrected chi connectivity index (χ0v) is 11.0. The molecule has 1 amide bonds. The zero-order chi connectivity index (χ0) is 12.3. The zero-order valence-electron chi connectivity index (χ0n) is 9.40. The van der Waals surface area contributed by atoms with Gasteiger partial charge in [0.05, 0.1) is 5.56 Å². The molecule has 0 atom stereocenters. The predicted molar refractivity (Wildman–Crippen MR) is 70.2 cm³/mol. The third-order valence-electron chi connectivity index (χ3n) is 2.18. The molecule has 2 rings (SSSR count). The molecule has 90 valence electrons. The Balaban J connectivity index is 1.83. The lowest BCUT2D eigenvalue weighted by Crippen LogP contribution is -2.12. The van der Waals surface area contributed by atoms with Gasteiger partial charge in [-0.15, -0.1) is 22.7 Å². The van der Waals surface area contributed by atoms with Crippen molar-refractivity contribution in [3.05, 3.63) is 38.0 Å². The SMILES string of the molecule is Cc1cnc(CNCc2cc(C(N)=O)cs2)s1. The van der Waals surface area contributed by atoms with E-state index < -0.39 is 0 Å². The fourth-order valence-electron chi connectivity index (χ4n) is 1.38. The van der Waals surface area contributed by atoms with Crippen LogP contribution >= 0.6 is 22.7 Å². The third-order valence-corrected chi connectivity index (χ3v) is 4.03. The number of primary amides is 1. The van der Waals surface area contributed by atoms with E-state index in [1.807, 2.05) is 19.2 Å². The maximum Gasteiger partial charge on any atom is 0.249 e. The van der Waals surface area contributed by atoms with Crippen molar-refractivity contribution in [1.82, 2.24) is 10.3 Å². The summed E-state index contributed by atoms with van der Waals surface area (Å²) in [4.78, 5) is 17.5. The van der Waals surface area contributed by atoms with Gasteiger partial charge in [0, 0.05) is 34.4 Å². The smallest absolute Gasteiger partial charge is 0.249 e. The van der Waals surface area contributed by atoms with Gasteiger partial charge in [-0.2, -0.15) is 0 Å². The molecule has 0 fully saturated rings. The highest BCUT2D eigenvalue weighted by Gasteiger charge is 2.04. The largest absolute Gasteiger partial charge is 0.366 e. The number of aryl methyl sites for hydroxylation is 1. The number of rotatable bonds is 5. The molecule has 0 aromatic carbocycles. The van der Waals surface area contributed by atoms with Gasteiger partial charge >= 0.3 is 0 Å². The number of thiazole rings is 1. The fourth-order valence-corrected chi connectivity index (χ4v) is 2.98. The van der Waals surface area contributed by atoms with E-state index in [2.05, 4.69) is 10.3 Å². The third kappa shape index (κ3) is 3.36. The van der Waals surface area contributed by atoms with Crippen molar-refractivity contribution < 1.29 is 4.79 Å². The van der Waals surface area contributed by atoms with Crippen LogP contribution in [0.2, 0.25) is 0 Å². The summed E-state index contributed by atoms with van der Waals surface area (Å²) in [7, 11) is 0. The maximum atomic E-state index is 10.9. The molecule has 3 N–H and O–H groups in total. The minimum Gasteiger partial charge on any atom is -0.366 e. The molecule has 0 aliphatic rings. The summed E-state index contributed by atoms with van der Waals surface area (Å²) in [6.07, 6.45) is 1.87. The van der Waals surface area contributed by atoms with Gasteiger partial charge < -0.3 is 11.1 Å². The Morgan fingerprint density at radius 1 is 1.53 bits per heavy atom. The number of carbonyl (C=O) groups is 1. The highest BCUT2D eigenvalue weighted by molar-refractivity contribution is 7.11. The lowest BCUT2D eigenvalue weighted by molar-refractivity contribution is 0.100. The van der Waals surface area contributed by atoms with Gasteiger partial charge in [0.15, 0.2) is 0 Å². The summed E-state index contributed by atoms with van der Waals surface area (Å²) >= 11 is 3.23. The lowest BCUT2D eigenvalue weighted by atomic mass is 10.3. The van der Waals surface area contributed by atoms with Crippen LogP contribution < -0.4 is 11.1 Å². The molecular formula is C11H13N3OS2. The van der Waals surface area contributed by atoms with Crippen molar-refractivity contribution in [2.75, 3.05) is 0 Å². The normalized spacial score (nSPS) is 10.6. The Kier molecular flexibility index (Phi) is 3.88. The summed E-state index contributed by atoms with van der Waals surface area (Å²) in [5.74, 6) is -0.372. The number of carbonyl (C=O) groups excluding carboxylic acids is 1. The second-order valence-corrected chi connectivity index (χ2v) is 5.95. The summed E-state index contributed by atoms with van der Waals surface area (Å²) in [5, 5.41) is 6.15. The van der Waals surface area contributed by atoms with Crippen LogP contribution in [-0.4, -0.2) is 10.9 Å². The maximum absolute atomic E-state index is 10.9. The molecule has 2 aromatic rings. The van der Waals surface area contributed by atoms with E-state index in [0.29, 0.717) is 5.56 Å². The Bertz CT molecular complexity index is 518. The highest BCUT2D eigenvalue weighted by atomic mass is 32.1. The molecule has 17 heavy (non-hydrogen) atoms. The van der Waals surface area contributed by atoms with E-state index in [0.717, 1.165) is 23.0 Å². The Morgan fingerprint density at radius 3 is 2.94 bits per heavy atom. The van der Waals surface area contributed by atoms with Crippen molar-refractivity contribution in [3.63, 3.8) is 0 Å². The molecule has 2 heterocycles. The van der Waals surface area contributed by atoms with Gasteiger partial charge in [-0.05, 0) is 13.0 Å². The van der Waals surface area contributed by atoms with Crippen LogP contribution in [-0.2, 0) is 13.1 Å². The summed E-state index contributed by atoms with van der Waals surface area (Å²) in [5.41, 5.74) is 5.77. The minimum atomic E-state index is -0.372. The van der Waals surface area contributed by atoms with Crippen LogP contribution in [0.25, 0.3) is 0 Å². The molecule has 0 radical (unpaired) electrons. The van der Waals surface area contributed by atoms with Crippen molar-refractivity contribution in [2.45, 2.75) is 20.0 Å². The standard InChI is InChI=1S/C11H13N3OS2/c1-7-3-14-10(17-7)5-13-4-9-2-8(6-16-9)11(12)15/h2-3,6,13H,4-5H2,1H3,(H2,12,15). The molecule has 2 aromatic heterocycles. The Labute approximate surface area is 107 Å². The van der Waals surface area contributed by atoms with Gasteiger partial charge in [0.25, 0.3) is 0 Å². The molecule has 0 saturated heterocycles. The molecule has 6 heteroatoms. The van der Waals surface area contributed by atoms with Crippen LogP contribution in [0.5, 0.6) is 0 Å². The second kappa shape index (κ2) is 5.39. The number of nitrogens with two attached hydrogens (primary N) is 1. The number of amides is 1. The molecule has 0 spiro atoms. The first kappa shape index (κ1) is 12.2. The number of hydrogen-bond acceptors (Lipinski definition) is 5. The van der Waals surface area contributed by atoms with Crippen LogP contribution in [0.4, 0.5) is 0 Å². The van der Waals surface area contributed by atoms with Gasteiger partial charge in [0.2, 0.25) is 5.91 Å². The first-order valence-corrected chi connectivity index (χ1v) is 6.84. The number of thiophene rings is 1. The molecule has 0 aliphatic heterocycles. The van der Waals surface area contributed by atoms with Gasteiger partial charge in [-0.1, -0.05) is 0 Å². The first-order valence-electron chi connectivity index (χ1n) is 5.14. The Morgan fingerprint density at radius 2 is 2.35 bits per heavy atom. The number of hydrogen-bond donors (Lipinski definition) is 2. The molecule has 4 nitrogen and oxygen atoms in total. The lowest BCUT2D eigenvalue weighted by Gasteiger charge is -1.99. The van der Waals surface area contributed by atoms with E-state index in [1.165, 1.54) is 16.2 Å². The van der Waals surface area contributed by atoms with Gasteiger partial charge in [-0.25, -0.2) is 4.98 Å². The minimum absolute atomic E-state index is 0.372. The van der Waals surface area contributed by atoms with E-state index in [9.17, 15) is 4.79 Å². The number of nitrogens with one attached hydrogen (secondary N) is 1. The molecular weight excluding hydrogens is 254 g/mol. The van der Waals surface area contributed by atoms with Crippen molar-refractivity contribution in [2.24, 2.45) is 5.73 Å². The Hall–Kier alpha value is -1.24. The average molecular weight is 267 g/mol. The monoisotopic (exact) mass is 267 g/mol. The van der Waals surface area contributed by atoms with E-state index in [4.69, 9.17) is 5.73 Å². The number of nitrogens with zero attached hydrogens (tertiary/aromatic N) is 1. The van der Waals surface area contributed by atoms with Gasteiger partial charge in [0.1, 0.15) is 5.01 Å². The van der Waals surface area contributed by atoms with Crippen molar-refractivity contribution in [3.8, 4) is 0 Å². The van der Waals surface area contributed by atoms with E-state index in [1.54, 1.807) is 16.7 Å². The van der Waals surface area contributed by atoms with Crippen molar-refractivity contribution in [1.29, 1.82) is 0 Å². The molecule has 0 bridgehead atoms. The second-order valence-electron chi connectivity index (χ2n) is 3.63. The molecule has 0 unspecified atom stereocenters. The predicted octanol–water partition coefficient (Wildman–Crippen LogP) is 1.90. The van der Waals surface area contributed by atoms with Crippen molar-refractivity contribution >= 4 is 28.6 Å². The van der Waals surface area contributed by atoms with Crippen LogP contribution in [0.3, 0.4) is 0 Å². The summed E-state index contributed by atoms with van der Waals surface area (Å²) in [6.45, 7) is 3.53. The van der Waals surface area contributed by atoms with E-state index >= 15 is 0 Å². The fraction of sp³-hybridized carbons (Fsp3) is 0.273. The number of aromatic nitrogens is 1. The van der Waals surface area contributed by atoms with Crippen LogP contribution in [0.1, 0.15) is 25.1 Å². The average Bonchev–Trinajstić information content (AvgIpc) is 2.88. The highest BCUT2D eigenvalue weighted by Crippen LogP contribution is 2.15. The molecule has 0 saturated carbocycles. The topological polar surface area (TPSA) is 68.0 Å². The van der Waals surface area contributed by atoms with E-state index in [-0.39, 0.29) is 5.91 Å².